The van der Waals surface area contributed by atoms with Gasteiger partial charge in [0.25, 0.3) is 0 Å². The van der Waals surface area contributed by atoms with Crippen LogP contribution in [0.2, 0.25) is 0 Å². The second-order valence-electron chi connectivity index (χ2n) is 7.20. The molecule has 3 aromatic carbocycles. The maximum atomic E-state index is 12.4. The number of hydrogen-bond donors (Lipinski definition) is 1. The van der Waals surface area contributed by atoms with Crippen LogP contribution >= 0.6 is 23.1 Å². The topological polar surface area (TPSA) is 42.0 Å². The predicted octanol–water partition coefficient (Wildman–Crippen LogP) is 5.98. The molecule has 1 heterocycles. The largest absolute Gasteiger partial charge is 0.302 e. The van der Waals surface area contributed by atoms with Crippen LogP contribution in [0.3, 0.4) is 0 Å². The normalized spacial score (nSPS) is 12.8. The summed E-state index contributed by atoms with van der Waals surface area (Å²) in [7, 11) is 0. The molecule has 1 aliphatic rings. The van der Waals surface area contributed by atoms with Crippen molar-refractivity contribution in [1.29, 1.82) is 0 Å². The molecule has 0 saturated heterocycles. The van der Waals surface area contributed by atoms with Crippen molar-refractivity contribution in [2.75, 3.05) is 11.1 Å². The fourth-order valence-corrected chi connectivity index (χ4v) is 5.65. The van der Waals surface area contributed by atoms with Crippen molar-refractivity contribution >= 4 is 55.1 Å². The van der Waals surface area contributed by atoms with Crippen LogP contribution in [0.1, 0.15) is 23.1 Å². The number of rotatable bonds is 5. The summed E-state index contributed by atoms with van der Waals surface area (Å²) in [6.45, 7) is 2.08. The van der Waals surface area contributed by atoms with Crippen molar-refractivity contribution in [3.8, 4) is 0 Å². The first-order chi connectivity index (χ1) is 13.7. The number of aromatic nitrogens is 1. The molecule has 0 aliphatic heterocycles. The lowest BCUT2D eigenvalue weighted by atomic mass is 10.0. The molecule has 1 aliphatic carbocycles. The molecule has 1 amide bonds. The average molecular weight is 405 g/mol. The minimum Gasteiger partial charge on any atom is -0.302 e. The number of thiazole rings is 1. The summed E-state index contributed by atoms with van der Waals surface area (Å²) >= 11 is 3.28. The molecule has 0 atom stereocenters. The number of hydrogen-bond acceptors (Lipinski definition) is 4. The van der Waals surface area contributed by atoms with Gasteiger partial charge in [-0.05, 0) is 54.5 Å². The van der Waals surface area contributed by atoms with Crippen molar-refractivity contribution < 1.29 is 4.79 Å². The van der Waals surface area contributed by atoms with Gasteiger partial charge in [-0.3, -0.25) is 4.79 Å². The standard InChI is InChI=1S/C23H20N2OS2/c1-14-5-9-17(10-6-14)27-12-11-20(26)24-23-25-22-18-4-2-3-15-7-8-16(21(15)18)13-19(22)28-23/h2-6,9-10,13H,7-8,11-12H2,1H3,(H,24,25,26). The van der Waals surface area contributed by atoms with Gasteiger partial charge in [0.1, 0.15) is 0 Å². The molecule has 0 saturated carbocycles. The quantitative estimate of drug-likeness (QED) is 0.416. The number of nitrogens with zero attached hydrogens (tertiary/aromatic N) is 1. The van der Waals surface area contributed by atoms with Crippen molar-refractivity contribution in [1.82, 2.24) is 4.98 Å². The number of benzene rings is 3. The van der Waals surface area contributed by atoms with E-state index < -0.39 is 0 Å². The first kappa shape index (κ1) is 17.7. The van der Waals surface area contributed by atoms with Crippen LogP contribution in [0.25, 0.3) is 21.0 Å². The number of fused-ring (bicyclic) bond motifs is 2. The molecular formula is C23H20N2OS2. The van der Waals surface area contributed by atoms with Crippen LogP contribution in [0, 0.1) is 6.92 Å². The Morgan fingerprint density at radius 1 is 1.14 bits per heavy atom. The van der Waals surface area contributed by atoms with Crippen LogP contribution in [0.4, 0.5) is 5.13 Å². The fraction of sp³-hybridized carbons (Fsp3) is 0.217. The smallest absolute Gasteiger partial charge is 0.226 e. The van der Waals surface area contributed by atoms with Crippen LogP contribution in [-0.2, 0) is 17.6 Å². The number of thioether (sulfide) groups is 1. The van der Waals surface area contributed by atoms with Gasteiger partial charge in [0.15, 0.2) is 5.13 Å². The maximum Gasteiger partial charge on any atom is 0.226 e. The minimum absolute atomic E-state index is 0.0241. The number of nitrogens with one attached hydrogen (secondary N) is 1. The van der Waals surface area contributed by atoms with Crippen LogP contribution in [0.5, 0.6) is 0 Å². The lowest BCUT2D eigenvalue weighted by Gasteiger charge is -2.03. The van der Waals surface area contributed by atoms with Crippen LogP contribution in [-0.4, -0.2) is 16.6 Å². The summed E-state index contributed by atoms with van der Waals surface area (Å²) < 4.78 is 1.16. The first-order valence-electron chi connectivity index (χ1n) is 9.51. The SMILES string of the molecule is Cc1ccc(SCCC(=O)Nc2nc3c(cc4c5c(cccc53)CC4)s2)cc1. The van der Waals surface area contributed by atoms with E-state index in [9.17, 15) is 4.79 Å². The predicted molar refractivity (Wildman–Crippen MR) is 120 cm³/mol. The summed E-state index contributed by atoms with van der Waals surface area (Å²) in [5, 5.41) is 6.28. The second kappa shape index (κ2) is 7.22. The van der Waals surface area contributed by atoms with Gasteiger partial charge in [0, 0.05) is 22.5 Å². The van der Waals surface area contributed by atoms with E-state index in [4.69, 9.17) is 4.98 Å². The summed E-state index contributed by atoms with van der Waals surface area (Å²) in [4.78, 5) is 18.3. The molecule has 0 unspecified atom stereocenters. The molecule has 28 heavy (non-hydrogen) atoms. The van der Waals surface area contributed by atoms with E-state index in [0.29, 0.717) is 11.6 Å². The monoisotopic (exact) mass is 404 g/mol. The van der Waals surface area contributed by atoms with E-state index in [1.165, 1.54) is 32.4 Å². The molecule has 1 N–H and O–H groups in total. The second-order valence-corrected chi connectivity index (χ2v) is 9.40. The molecule has 5 heteroatoms. The fourth-order valence-electron chi connectivity index (χ4n) is 3.84. The molecule has 5 rings (SSSR count). The molecule has 0 fully saturated rings. The van der Waals surface area contributed by atoms with Crippen molar-refractivity contribution in [3.63, 3.8) is 0 Å². The van der Waals surface area contributed by atoms with Crippen LogP contribution < -0.4 is 5.32 Å². The Kier molecular flexibility index (Phi) is 4.57. The van der Waals surface area contributed by atoms with E-state index in [1.807, 2.05) is 0 Å². The molecule has 0 spiro atoms. The Bertz CT molecular complexity index is 1190. The average Bonchev–Trinajstić information content (AvgIpc) is 3.29. The molecular weight excluding hydrogens is 384 g/mol. The van der Waals surface area contributed by atoms with Gasteiger partial charge >= 0.3 is 0 Å². The Morgan fingerprint density at radius 2 is 1.96 bits per heavy atom. The van der Waals surface area contributed by atoms with Gasteiger partial charge in [-0.25, -0.2) is 4.98 Å². The van der Waals surface area contributed by atoms with Crippen molar-refractivity contribution in [2.24, 2.45) is 0 Å². The van der Waals surface area contributed by atoms with E-state index >= 15 is 0 Å². The molecule has 0 radical (unpaired) electrons. The van der Waals surface area contributed by atoms with Gasteiger partial charge in [-0.2, -0.15) is 0 Å². The molecule has 0 bridgehead atoms. The summed E-state index contributed by atoms with van der Waals surface area (Å²) in [5.74, 6) is 0.784. The highest BCUT2D eigenvalue weighted by Crippen LogP contribution is 2.39. The Hall–Kier alpha value is -2.37. The highest BCUT2D eigenvalue weighted by molar-refractivity contribution is 7.99. The minimum atomic E-state index is 0.0241. The zero-order chi connectivity index (χ0) is 19.1. The van der Waals surface area contributed by atoms with Gasteiger partial charge in [-0.1, -0.05) is 47.2 Å². The summed E-state index contributed by atoms with van der Waals surface area (Å²) in [5.41, 5.74) is 5.09. The zero-order valence-corrected chi connectivity index (χ0v) is 17.3. The lowest BCUT2D eigenvalue weighted by molar-refractivity contribution is -0.115. The maximum absolute atomic E-state index is 12.4. The summed E-state index contributed by atoms with van der Waals surface area (Å²) in [6.07, 6.45) is 2.69. The van der Waals surface area contributed by atoms with Gasteiger partial charge in [0.05, 0.1) is 10.2 Å². The highest BCUT2D eigenvalue weighted by Gasteiger charge is 2.18. The highest BCUT2D eigenvalue weighted by atomic mass is 32.2. The number of aryl methyl sites for hydroxylation is 3. The Morgan fingerprint density at radius 3 is 2.82 bits per heavy atom. The zero-order valence-electron chi connectivity index (χ0n) is 15.6. The third-order valence-electron chi connectivity index (χ3n) is 5.21. The lowest BCUT2D eigenvalue weighted by Crippen LogP contribution is -2.11. The van der Waals surface area contributed by atoms with E-state index in [1.54, 1.807) is 23.1 Å². The molecule has 3 nitrogen and oxygen atoms in total. The van der Waals surface area contributed by atoms with E-state index in [2.05, 4.69) is 60.8 Å². The summed E-state index contributed by atoms with van der Waals surface area (Å²) in [6, 6.07) is 17.1. The molecule has 140 valence electrons. The van der Waals surface area contributed by atoms with Crippen molar-refractivity contribution in [3.05, 3.63) is 65.2 Å². The number of carbonyl (C=O) groups is 1. The first-order valence-corrected chi connectivity index (χ1v) is 11.3. The van der Waals surface area contributed by atoms with E-state index in [0.717, 1.165) is 28.8 Å². The van der Waals surface area contributed by atoms with E-state index in [-0.39, 0.29) is 5.91 Å². The Labute approximate surface area is 172 Å². The van der Waals surface area contributed by atoms with Gasteiger partial charge in [-0.15, -0.1) is 11.8 Å². The van der Waals surface area contributed by atoms with Crippen LogP contribution in [0.15, 0.2) is 53.4 Å². The molecule has 4 aromatic rings. The Balaban J connectivity index is 1.30. The third kappa shape index (κ3) is 3.29. The number of amides is 1. The van der Waals surface area contributed by atoms with Gasteiger partial charge < -0.3 is 5.32 Å². The molecule has 1 aromatic heterocycles. The number of anilines is 1. The van der Waals surface area contributed by atoms with Gasteiger partial charge in [0.2, 0.25) is 5.91 Å². The number of carbonyl (C=O) groups excluding carboxylic acids is 1. The third-order valence-corrected chi connectivity index (χ3v) is 7.15. The van der Waals surface area contributed by atoms with Crippen molar-refractivity contribution in [2.45, 2.75) is 31.1 Å².